The zero-order valence-corrected chi connectivity index (χ0v) is 9.15. The standard InChI is InChI=1S/C12H16N2O2/c15-12(16)11-7-3-6-10(14-11)8-13-9-4-1-2-5-9/h3,6-7,9,13H,1-2,4-5,8H2,(H,15,16). The van der Waals surface area contributed by atoms with Gasteiger partial charge in [-0.25, -0.2) is 9.78 Å². The molecule has 4 nitrogen and oxygen atoms in total. The molecule has 0 atom stereocenters. The summed E-state index contributed by atoms with van der Waals surface area (Å²) in [5.41, 5.74) is 0.914. The summed E-state index contributed by atoms with van der Waals surface area (Å²) in [6.45, 7) is 0.659. The number of nitrogens with one attached hydrogen (secondary N) is 1. The second-order valence-electron chi connectivity index (χ2n) is 4.18. The molecule has 0 bridgehead atoms. The topological polar surface area (TPSA) is 62.2 Å². The monoisotopic (exact) mass is 220 g/mol. The Balaban J connectivity index is 1.93. The normalized spacial score (nSPS) is 16.5. The highest BCUT2D eigenvalue weighted by Crippen LogP contribution is 2.17. The summed E-state index contributed by atoms with van der Waals surface area (Å²) in [4.78, 5) is 14.8. The van der Waals surface area contributed by atoms with Gasteiger partial charge in [0.25, 0.3) is 0 Å². The molecule has 16 heavy (non-hydrogen) atoms. The van der Waals surface area contributed by atoms with E-state index in [2.05, 4.69) is 10.3 Å². The average Bonchev–Trinajstić information content (AvgIpc) is 2.79. The number of hydrogen-bond acceptors (Lipinski definition) is 3. The van der Waals surface area contributed by atoms with Gasteiger partial charge in [0.15, 0.2) is 0 Å². The molecule has 1 aromatic heterocycles. The van der Waals surface area contributed by atoms with Gasteiger partial charge in [0.1, 0.15) is 5.69 Å². The predicted octanol–water partition coefficient (Wildman–Crippen LogP) is 1.81. The number of hydrogen-bond donors (Lipinski definition) is 2. The van der Waals surface area contributed by atoms with Crippen LogP contribution in [-0.2, 0) is 6.54 Å². The van der Waals surface area contributed by atoms with E-state index >= 15 is 0 Å². The number of aromatic nitrogens is 1. The van der Waals surface area contributed by atoms with Gasteiger partial charge in [-0.2, -0.15) is 0 Å². The zero-order chi connectivity index (χ0) is 11.4. The van der Waals surface area contributed by atoms with Crippen molar-refractivity contribution in [1.82, 2.24) is 10.3 Å². The Morgan fingerprint density at radius 1 is 1.44 bits per heavy atom. The molecule has 1 heterocycles. The van der Waals surface area contributed by atoms with E-state index in [0.29, 0.717) is 12.6 Å². The van der Waals surface area contributed by atoms with Gasteiger partial charge in [0.05, 0.1) is 5.69 Å². The van der Waals surface area contributed by atoms with Crippen molar-refractivity contribution in [2.45, 2.75) is 38.3 Å². The van der Waals surface area contributed by atoms with E-state index in [-0.39, 0.29) is 5.69 Å². The van der Waals surface area contributed by atoms with Gasteiger partial charge in [0.2, 0.25) is 0 Å². The lowest BCUT2D eigenvalue weighted by molar-refractivity contribution is 0.0690. The molecule has 2 N–H and O–H groups in total. The first-order valence-corrected chi connectivity index (χ1v) is 5.68. The van der Waals surface area contributed by atoms with Crippen LogP contribution in [0.2, 0.25) is 0 Å². The Kier molecular flexibility index (Phi) is 3.51. The van der Waals surface area contributed by atoms with Crippen LogP contribution in [0.1, 0.15) is 41.9 Å². The molecular formula is C12H16N2O2. The molecule has 86 valence electrons. The summed E-state index contributed by atoms with van der Waals surface area (Å²) in [6.07, 6.45) is 5.03. The summed E-state index contributed by atoms with van der Waals surface area (Å²) >= 11 is 0. The highest BCUT2D eigenvalue weighted by Gasteiger charge is 2.14. The minimum atomic E-state index is -0.970. The van der Waals surface area contributed by atoms with Crippen molar-refractivity contribution in [3.8, 4) is 0 Å². The molecular weight excluding hydrogens is 204 g/mol. The van der Waals surface area contributed by atoms with Crippen molar-refractivity contribution in [2.75, 3.05) is 0 Å². The fraction of sp³-hybridized carbons (Fsp3) is 0.500. The fourth-order valence-corrected chi connectivity index (χ4v) is 2.08. The third-order valence-corrected chi connectivity index (χ3v) is 2.95. The fourth-order valence-electron chi connectivity index (χ4n) is 2.08. The summed E-state index contributed by atoms with van der Waals surface area (Å²) in [6, 6.07) is 5.69. The van der Waals surface area contributed by atoms with Crippen LogP contribution >= 0.6 is 0 Å². The van der Waals surface area contributed by atoms with E-state index in [9.17, 15) is 4.79 Å². The maximum Gasteiger partial charge on any atom is 0.354 e. The summed E-state index contributed by atoms with van der Waals surface area (Å²) < 4.78 is 0. The second-order valence-corrected chi connectivity index (χ2v) is 4.18. The van der Waals surface area contributed by atoms with Gasteiger partial charge in [-0.05, 0) is 25.0 Å². The van der Waals surface area contributed by atoms with Crippen LogP contribution in [0.15, 0.2) is 18.2 Å². The van der Waals surface area contributed by atoms with Crippen molar-refractivity contribution in [3.63, 3.8) is 0 Å². The van der Waals surface area contributed by atoms with Crippen LogP contribution < -0.4 is 5.32 Å². The number of pyridine rings is 1. The van der Waals surface area contributed by atoms with Crippen molar-refractivity contribution in [2.24, 2.45) is 0 Å². The van der Waals surface area contributed by atoms with E-state index in [0.717, 1.165) is 5.69 Å². The Hall–Kier alpha value is -1.42. The minimum Gasteiger partial charge on any atom is -0.477 e. The zero-order valence-electron chi connectivity index (χ0n) is 9.15. The lowest BCUT2D eigenvalue weighted by atomic mass is 10.2. The van der Waals surface area contributed by atoms with Crippen molar-refractivity contribution in [3.05, 3.63) is 29.6 Å². The smallest absolute Gasteiger partial charge is 0.354 e. The first kappa shape index (κ1) is 11.1. The summed E-state index contributed by atoms with van der Waals surface area (Å²) in [7, 11) is 0. The predicted molar refractivity (Wildman–Crippen MR) is 60.3 cm³/mol. The average molecular weight is 220 g/mol. The number of carbonyl (C=O) groups is 1. The van der Waals surface area contributed by atoms with Crippen LogP contribution in [0.5, 0.6) is 0 Å². The van der Waals surface area contributed by atoms with Gasteiger partial charge < -0.3 is 10.4 Å². The molecule has 2 rings (SSSR count). The second kappa shape index (κ2) is 5.07. The van der Waals surface area contributed by atoms with Crippen LogP contribution in [-0.4, -0.2) is 22.1 Å². The molecule has 1 aliphatic rings. The molecule has 0 aliphatic heterocycles. The summed E-state index contributed by atoms with van der Waals surface area (Å²) in [5, 5.41) is 12.2. The Bertz CT molecular complexity index is 373. The summed E-state index contributed by atoms with van der Waals surface area (Å²) in [5.74, 6) is -0.970. The number of carboxylic acids is 1. The highest BCUT2D eigenvalue weighted by atomic mass is 16.4. The molecule has 1 aromatic rings. The number of carboxylic acid groups (broad SMARTS) is 1. The molecule has 1 saturated carbocycles. The largest absolute Gasteiger partial charge is 0.477 e. The Labute approximate surface area is 94.7 Å². The molecule has 0 saturated heterocycles. The molecule has 0 aromatic carbocycles. The SMILES string of the molecule is O=C(O)c1cccc(CNC2CCCC2)n1. The van der Waals surface area contributed by atoms with Gasteiger partial charge >= 0.3 is 5.97 Å². The first-order valence-electron chi connectivity index (χ1n) is 5.68. The number of aromatic carboxylic acids is 1. The lowest BCUT2D eigenvalue weighted by Crippen LogP contribution is -2.25. The van der Waals surface area contributed by atoms with Crippen LogP contribution in [0, 0.1) is 0 Å². The van der Waals surface area contributed by atoms with Gasteiger partial charge in [-0.15, -0.1) is 0 Å². The van der Waals surface area contributed by atoms with Crippen LogP contribution in [0.4, 0.5) is 0 Å². The molecule has 0 unspecified atom stereocenters. The van der Waals surface area contributed by atoms with Gasteiger partial charge in [-0.1, -0.05) is 18.9 Å². The van der Waals surface area contributed by atoms with E-state index in [4.69, 9.17) is 5.11 Å². The third kappa shape index (κ3) is 2.79. The lowest BCUT2D eigenvalue weighted by Gasteiger charge is -2.11. The minimum absolute atomic E-state index is 0.116. The van der Waals surface area contributed by atoms with Crippen molar-refractivity contribution < 1.29 is 9.90 Å². The maximum absolute atomic E-state index is 10.7. The van der Waals surface area contributed by atoms with Crippen LogP contribution in [0.25, 0.3) is 0 Å². The number of nitrogens with zero attached hydrogens (tertiary/aromatic N) is 1. The Morgan fingerprint density at radius 2 is 2.19 bits per heavy atom. The molecule has 0 amide bonds. The van der Waals surface area contributed by atoms with Gasteiger partial charge in [-0.3, -0.25) is 0 Å². The molecule has 1 fully saturated rings. The molecule has 0 radical (unpaired) electrons. The molecule has 0 spiro atoms. The third-order valence-electron chi connectivity index (χ3n) is 2.95. The first-order chi connectivity index (χ1) is 7.75. The quantitative estimate of drug-likeness (QED) is 0.812. The van der Waals surface area contributed by atoms with Crippen LogP contribution in [0.3, 0.4) is 0 Å². The molecule has 1 aliphatic carbocycles. The molecule has 4 heteroatoms. The van der Waals surface area contributed by atoms with E-state index in [1.54, 1.807) is 6.07 Å². The maximum atomic E-state index is 10.7. The van der Waals surface area contributed by atoms with Crippen molar-refractivity contribution in [1.29, 1.82) is 0 Å². The van der Waals surface area contributed by atoms with E-state index < -0.39 is 5.97 Å². The van der Waals surface area contributed by atoms with E-state index in [1.807, 2.05) is 6.07 Å². The number of rotatable bonds is 4. The van der Waals surface area contributed by atoms with Gasteiger partial charge in [0, 0.05) is 12.6 Å². The highest BCUT2D eigenvalue weighted by molar-refractivity contribution is 5.85. The van der Waals surface area contributed by atoms with Crippen molar-refractivity contribution >= 4 is 5.97 Å². The Morgan fingerprint density at radius 3 is 2.88 bits per heavy atom. The van der Waals surface area contributed by atoms with E-state index in [1.165, 1.54) is 31.7 Å².